The van der Waals surface area contributed by atoms with Crippen LogP contribution in [0, 0.1) is 23.7 Å². The molecule has 0 radical (unpaired) electrons. The molecule has 1 saturated heterocycles. The number of benzene rings is 1. The van der Waals surface area contributed by atoms with Gasteiger partial charge in [0.05, 0.1) is 11.8 Å². The minimum absolute atomic E-state index is 0.0173. The maximum absolute atomic E-state index is 12.4. The minimum atomic E-state index is -0.186. The highest BCUT2D eigenvalue weighted by molar-refractivity contribution is 5.88. The summed E-state index contributed by atoms with van der Waals surface area (Å²) < 4.78 is 5.36. The summed E-state index contributed by atoms with van der Waals surface area (Å²) in [5, 5.41) is 2.98. The number of ether oxygens (including phenoxy) is 1. The molecule has 1 aromatic carbocycles. The number of nitrogens with one attached hydrogen (secondary N) is 1. The molecule has 20 heavy (non-hydrogen) atoms. The Balaban J connectivity index is 1.46. The van der Waals surface area contributed by atoms with E-state index in [1.807, 2.05) is 30.3 Å². The van der Waals surface area contributed by atoms with Crippen LogP contribution in [0.2, 0.25) is 0 Å². The molecule has 1 aromatic rings. The molecule has 2 aliphatic carbocycles. The zero-order valence-electron chi connectivity index (χ0n) is 11.1. The van der Waals surface area contributed by atoms with Gasteiger partial charge >= 0.3 is 5.97 Å². The van der Waals surface area contributed by atoms with Crippen molar-refractivity contribution in [1.29, 1.82) is 0 Å². The van der Waals surface area contributed by atoms with Gasteiger partial charge in [0.15, 0.2) is 0 Å². The molecule has 104 valence electrons. The standard InChI is InChI=1S/C16H17NO3/c18-15(17-8-9-4-2-1-3-5-9)13-10-6-11-12(7-10)20-16(19)14(11)13/h1-5,10-14H,6-8H2,(H,17,18)/t10-,11+,12-,13+,14+/m0/s1. The van der Waals surface area contributed by atoms with Crippen LogP contribution in [0.5, 0.6) is 0 Å². The second kappa shape index (κ2) is 4.33. The van der Waals surface area contributed by atoms with Gasteiger partial charge in [-0.1, -0.05) is 30.3 Å². The quantitative estimate of drug-likeness (QED) is 0.848. The van der Waals surface area contributed by atoms with Gasteiger partial charge in [-0.15, -0.1) is 0 Å². The SMILES string of the molecule is O=C(NCc1ccccc1)[C@@H]1[C@H]2C[C@H]3[C@H]1C(=O)O[C@H]3C2. The highest BCUT2D eigenvalue weighted by Crippen LogP contribution is 2.57. The molecular formula is C16H17NO3. The Kier molecular flexibility index (Phi) is 2.59. The second-order valence-electron chi connectivity index (χ2n) is 6.13. The third-order valence-electron chi connectivity index (χ3n) is 5.10. The van der Waals surface area contributed by atoms with Crippen LogP contribution in [0.1, 0.15) is 18.4 Å². The van der Waals surface area contributed by atoms with Crippen molar-refractivity contribution in [2.45, 2.75) is 25.5 Å². The molecule has 0 spiro atoms. The molecule has 3 aliphatic rings. The average molecular weight is 271 g/mol. The van der Waals surface area contributed by atoms with Crippen LogP contribution in [0.15, 0.2) is 30.3 Å². The van der Waals surface area contributed by atoms with Crippen LogP contribution in [-0.4, -0.2) is 18.0 Å². The highest BCUT2D eigenvalue weighted by atomic mass is 16.6. The normalized spacial score (nSPS) is 37.0. The van der Waals surface area contributed by atoms with E-state index in [-0.39, 0.29) is 29.8 Å². The maximum Gasteiger partial charge on any atom is 0.310 e. The van der Waals surface area contributed by atoms with Crippen LogP contribution in [0.3, 0.4) is 0 Å². The number of carbonyl (C=O) groups excluding carboxylic acids is 2. The van der Waals surface area contributed by atoms with Crippen molar-refractivity contribution in [2.75, 3.05) is 0 Å². The first kappa shape index (κ1) is 11.9. The monoisotopic (exact) mass is 271 g/mol. The maximum atomic E-state index is 12.4. The van der Waals surface area contributed by atoms with E-state index >= 15 is 0 Å². The molecule has 2 saturated carbocycles. The number of amides is 1. The summed E-state index contributed by atoms with van der Waals surface area (Å²) >= 11 is 0. The van der Waals surface area contributed by atoms with Gasteiger partial charge in [-0.2, -0.15) is 0 Å². The molecule has 1 N–H and O–H groups in total. The Labute approximate surface area is 117 Å². The van der Waals surface area contributed by atoms with Crippen molar-refractivity contribution in [1.82, 2.24) is 5.32 Å². The Morgan fingerprint density at radius 1 is 1.25 bits per heavy atom. The molecule has 1 amide bonds. The predicted molar refractivity (Wildman–Crippen MR) is 71.4 cm³/mol. The first-order valence-electron chi connectivity index (χ1n) is 7.26. The van der Waals surface area contributed by atoms with Gasteiger partial charge in [-0.3, -0.25) is 9.59 Å². The highest BCUT2D eigenvalue weighted by Gasteiger charge is 2.63. The summed E-state index contributed by atoms with van der Waals surface area (Å²) in [6, 6.07) is 9.84. The summed E-state index contributed by atoms with van der Waals surface area (Å²) in [4.78, 5) is 24.3. The average Bonchev–Trinajstić information content (AvgIpc) is 3.07. The molecule has 5 atom stereocenters. The Morgan fingerprint density at radius 3 is 2.85 bits per heavy atom. The van der Waals surface area contributed by atoms with E-state index in [1.165, 1.54) is 0 Å². The van der Waals surface area contributed by atoms with Gasteiger partial charge in [0, 0.05) is 12.5 Å². The number of rotatable bonds is 3. The summed E-state index contributed by atoms with van der Waals surface area (Å²) in [7, 11) is 0. The van der Waals surface area contributed by atoms with Crippen molar-refractivity contribution in [3.8, 4) is 0 Å². The molecule has 0 unspecified atom stereocenters. The zero-order chi connectivity index (χ0) is 13.7. The molecule has 4 heteroatoms. The van der Waals surface area contributed by atoms with Gasteiger partial charge in [0.2, 0.25) is 5.91 Å². The summed E-state index contributed by atoms with van der Waals surface area (Å²) in [5.74, 6) is 0.130. The predicted octanol–water partition coefficient (Wildman–Crippen LogP) is 1.50. The Hall–Kier alpha value is -1.84. The largest absolute Gasteiger partial charge is 0.462 e. The van der Waals surface area contributed by atoms with E-state index in [0.29, 0.717) is 18.4 Å². The fraction of sp³-hybridized carbons (Fsp3) is 0.500. The molecule has 4 nitrogen and oxygen atoms in total. The number of fused-ring (bicyclic) bond motifs is 1. The first-order chi connectivity index (χ1) is 9.74. The molecule has 4 rings (SSSR count). The third kappa shape index (κ3) is 1.67. The lowest BCUT2D eigenvalue weighted by molar-refractivity contribution is -0.146. The van der Waals surface area contributed by atoms with E-state index in [4.69, 9.17) is 4.74 Å². The van der Waals surface area contributed by atoms with Crippen LogP contribution in [0.4, 0.5) is 0 Å². The number of hydrogen-bond acceptors (Lipinski definition) is 3. The minimum Gasteiger partial charge on any atom is -0.462 e. The summed E-state index contributed by atoms with van der Waals surface area (Å²) in [6.07, 6.45) is 1.94. The Bertz CT molecular complexity index is 554. The first-order valence-corrected chi connectivity index (χ1v) is 7.26. The fourth-order valence-corrected chi connectivity index (χ4v) is 4.27. The number of carbonyl (C=O) groups is 2. The lowest BCUT2D eigenvalue weighted by atomic mass is 9.79. The fourth-order valence-electron chi connectivity index (χ4n) is 4.27. The van der Waals surface area contributed by atoms with Crippen LogP contribution in [0.25, 0.3) is 0 Å². The van der Waals surface area contributed by atoms with Gasteiger partial charge in [0.1, 0.15) is 6.10 Å². The van der Waals surface area contributed by atoms with Gasteiger partial charge in [0.25, 0.3) is 0 Å². The van der Waals surface area contributed by atoms with Crippen molar-refractivity contribution < 1.29 is 14.3 Å². The number of esters is 1. The zero-order valence-corrected chi connectivity index (χ0v) is 11.1. The molecular weight excluding hydrogens is 254 g/mol. The summed E-state index contributed by atoms with van der Waals surface area (Å²) in [5.41, 5.74) is 1.08. The van der Waals surface area contributed by atoms with E-state index in [0.717, 1.165) is 18.4 Å². The molecule has 1 heterocycles. The van der Waals surface area contributed by atoms with Gasteiger partial charge < -0.3 is 10.1 Å². The summed E-state index contributed by atoms with van der Waals surface area (Å²) in [6.45, 7) is 0.527. The third-order valence-corrected chi connectivity index (χ3v) is 5.10. The Morgan fingerprint density at radius 2 is 2.05 bits per heavy atom. The molecule has 3 fully saturated rings. The smallest absolute Gasteiger partial charge is 0.310 e. The lowest BCUT2D eigenvalue weighted by Crippen LogP contribution is -2.39. The lowest BCUT2D eigenvalue weighted by Gasteiger charge is -2.23. The molecule has 2 bridgehead atoms. The van der Waals surface area contributed by atoms with E-state index in [2.05, 4.69) is 5.32 Å². The van der Waals surface area contributed by atoms with Crippen LogP contribution >= 0.6 is 0 Å². The van der Waals surface area contributed by atoms with Gasteiger partial charge in [-0.25, -0.2) is 0 Å². The van der Waals surface area contributed by atoms with Crippen molar-refractivity contribution in [2.24, 2.45) is 23.7 Å². The topological polar surface area (TPSA) is 55.4 Å². The van der Waals surface area contributed by atoms with E-state index in [9.17, 15) is 9.59 Å². The van der Waals surface area contributed by atoms with Crippen LogP contribution in [-0.2, 0) is 20.9 Å². The van der Waals surface area contributed by atoms with Crippen molar-refractivity contribution >= 4 is 11.9 Å². The molecule has 1 aliphatic heterocycles. The van der Waals surface area contributed by atoms with Crippen molar-refractivity contribution in [3.63, 3.8) is 0 Å². The number of hydrogen-bond donors (Lipinski definition) is 1. The molecule has 0 aromatic heterocycles. The van der Waals surface area contributed by atoms with Gasteiger partial charge in [-0.05, 0) is 24.3 Å². The second-order valence-corrected chi connectivity index (χ2v) is 6.13. The van der Waals surface area contributed by atoms with E-state index in [1.54, 1.807) is 0 Å². The van der Waals surface area contributed by atoms with E-state index < -0.39 is 0 Å². The van der Waals surface area contributed by atoms with Crippen molar-refractivity contribution in [3.05, 3.63) is 35.9 Å². The van der Waals surface area contributed by atoms with Crippen LogP contribution < -0.4 is 5.32 Å².